The highest BCUT2D eigenvalue weighted by atomic mass is 16.5. The molecule has 9 heteroatoms. The van der Waals surface area contributed by atoms with E-state index in [4.69, 9.17) is 4.74 Å². The molecule has 2 aromatic heterocycles. The van der Waals surface area contributed by atoms with Crippen molar-refractivity contribution in [3.63, 3.8) is 0 Å². The first-order chi connectivity index (χ1) is 15.8. The molecule has 0 spiro atoms. The van der Waals surface area contributed by atoms with Crippen LogP contribution in [-0.4, -0.2) is 55.0 Å². The quantitative estimate of drug-likeness (QED) is 0.430. The third-order valence-electron chi connectivity index (χ3n) is 6.24. The van der Waals surface area contributed by atoms with Crippen molar-refractivity contribution in [2.45, 2.75) is 72.0 Å². The maximum absolute atomic E-state index is 12.9. The molecule has 2 heterocycles. The van der Waals surface area contributed by atoms with E-state index in [-0.39, 0.29) is 23.7 Å². The molecule has 0 radical (unpaired) electrons. The summed E-state index contributed by atoms with van der Waals surface area (Å²) in [6.45, 7) is 12.1. The van der Waals surface area contributed by atoms with Crippen LogP contribution in [0.4, 0.5) is 0 Å². The van der Waals surface area contributed by atoms with Crippen molar-refractivity contribution in [1.82, 2.24) is 30.1 Å². The van der Waals surface area contributed by atoms with Crippen LogP contribution in [0.1, 0.15) is 71.3 Å². The van der Waals surface area contributed by atoms with Gasteiger partial charge in [0, 0.05) is 36.2 Å². The predicted molar refractivity (Wildman–Crippen MR) is 128 cm³/mol. The minimum atomic E-state index is -0.231. The molecular weight excluding hydrogens is 420 g/mol. The summed E-state index contributed by atoms with van der Waals surface area (Å²) in [5.41, 5.74) is 1.07. The van der Waals surface area contributed by atoms with Crippen molar-refractivity contribution in [1.29, 1.82) is 0 Å². The fraction of sp³-hybridized carbons (Fsp3) is 0.583. The number of fused-ring (bicyclic) bond motifs is 1. The average molecular weight is 457 g/mol. The Bertz CT molecular complexity index is 1110. The summed E-state index contributed by atoms with van der Waals surface area (Å²) in [4.78, 5) is 18.1. The highest BCUT2D eigenvalue weighted by Gasteiger charge is 2.30. The molecule has 0 saturated carbocycles. The summed E-state index contributed by atoms with van der Waals surface area (Å²) in [7, 11) is 0. The smallest absolute Gasteiger partial charge is 0.252 e. The standard InChI is InChI=1S/C24H36N6O3/c1-6-21(22-26-27-28-30(22)24(4,5)7-2)29(12-9-13-31)16-18-14-17-15-19(33-8-3)10-11-20(17)25-23(18)32/h10-11,14-15,21,31H,6-9,12-13,16H2,1-5H3,(H,25,32). The molecule has 0 saturated heterocycles. The molecule has 0 aliphatic carbocycles. The number of rotatable bonds is 12. The van der Waals surface area contributed by atoms with Crippen LogP contribution in [0, 0.1) is 0 Å². The second-order valence-corrected chi connectivity index (χ2v) is 8.89. The Morgan fingerprint density at radius 1 is 1.24 bits per heavy atom. The molecule has 0 bridgehead atoms. The molecule has 9 nitrogen and oxygen atoms in total. The minimum absolute atomic E-state index is 0.0735. The zero-order chi connectivity index (χ0) is 24.0. The number of ether oxygens (including phenoxy) is 1. The van der Waals surface area contributed by atoms with Crippen molar-refractivity contribution in [3.05, 3.63) is 46.0 Å². The zero-order valence-electron chi connectivity index (χ0n) is 20.3. The number of nitrogens with one attached hydrogen (secondary N) is 1. The van der Waals surface area contributed by atoms with E-state index in [9.17, 15) is 9.90 Å². The predicted octanol–water partition coefficient (Wildman–Crippen LogP) is 3.39. The molecule has 2 N–H and O–H groups in total. The first-order valence-electron chi connectivity index (χ1n) is 11.8. The number of aromatic nitrogens is 5. The Kier molecular flexibility index (Phi) is 8.20. The second-order valence-electron chi connectivity index (χ2n) is 8.89. The van der Waals surface area contributed by atoms with Crippen LogP contribution in [0.15, 0.2) is 29.1 Å². The molecule has 3 rings (SSSR count). The zero-order valence-corrected chi connectivity index (χ0v) is 20.3. The Morgan fingerprint density at radius 3 is 2.70 bits per heavy atom. The largest absolute Gasteiger partial charge is 0.494 e. The van der Waals surface area contributed by atoms with Gasteiger partial charge in [-0.25, -0.2) is 4.68 Å². The van der Waals surface area contributed by atoms with Gasteiger partial charge in [0.1, 0.15) is 5.75 Å². The summed E-state index contributed by atoms with van der Waals surface area (Å²) in [5.74, 6) is 1.55. The summed E-state index contributed by atoms with van der Waals surface area (Å²) < 4.78 is 7.52. The van der Waals surface area contributed by atoms with E-state index in [0.717, 1.165) is 35.3 Å². The molecule has 0 aliphatic rings. The first kappa shape index (κ1) is 24.9. The van der Waals surface area contributed by atoms with Gasteiger partial charge < -0.3 is 14.8 Å². The van der Waals surface area contributed by atoms with Crippen molar-refractivity contribution >= 4 is 10.9 Å². The number of aliphatic hydroxyl groups excluding tert-OH is 1. The molecule has 33 heavy (non-hydrogen) atoms. The van der Waals surface area contributed by atoms with Crippen LogP contribution >= 0.6 is 0 Å². The molecule has 0 amide bonds. The van der Waals surface area contributed by atoms with Gasteiger partial charge in [0.25, 0.3) is 5.56 Å². The van der Waals surface area contributed by atoms with Gasteiger partial charge in [-0.15, -0.1) is 5.10 Å². The highest BCUT2D eigenvalue weighted by Crippen LogP contribution is 2.29. The normalized spacial score (nSPS) is 13.1. The number of hydrogen-bond donors (Lipinski definition) is 2. The van der Waals surface area contributed by atoms with E-state index in [1.165, 1.54) is 0 Å². The summed E-state index contributed by atoms with van der Waals surface area (Å²) in [5, 5.41) is 23.0. The van der Waals surface area contributed by atoms with Crippen LogP contribution in [0.3, 0.4) is 0 Å². The lowest BCUT2D eigenvalue weighted by molar-refractivity contribution is 0.144. The summed E-state index contributed by atoms with van der Waals surface area (Å²) >= 11 is 0. The third-order valence-corrected chi connectivity index (χ3v) is 6.24. The minimum Gasteiger partial charge on any atom is -0.494 e. The fourth-order valence-electron chi connectivity index (χ4n) is 4.03. The van der Waals surface area contributed by atoms with Crippen LogP contribution in [0.5, 0.6) is 5.75 Å². The maximum atomic E-state index is 12.9. The van der Waals surface area contributed by atoms with Gasteiger partial charge in [0.05, 0.1) is 18.2 Å². The van der Waals surface area contributed by atoms with E-state index >= 15 is 0 Å². The topological polar surface area (TPSA) is 109 Å². The lowest BCUT2D eigenvalue weighted by Crippen LogP contribution is -2.37. The number of hydrogen-bond acceptors (Lipinski definition) is 7. The van der Waals surface area contributed by atoms with E-state index in [2.05, 4.69) is 53.1 Å². The highest BCUT2D eigenvalue weighted by molar-refractivity contribution is 5.80. The van der Waals surface area contributed by atoms with E-state index < -0.39 is 0 Å². The van der Waals surface area contributed by atoms with Gasteiger partial charge in [0.15, 0.2) is 5.82 Å². The van der Waals surface area contributed by atoms with Crippen molar-refractivity contribution in [2.75, 3.05) is 19.8 Å². The van der Waals surface area contributed by atoms with E-state index in [1.54, 1.807) is 0 Å². The Labute approximate surface area is 194 Å². The van der Waals surface area contributed by atoms with Crippen LogP contribution < -0.4 is 10.3 Å². The van der Waals surface area contributed by atoms with Gasteiger partial charge in [0.2, 0.25) is 0 Å². The Morgan fingerprint density at radius 2 is 2.03 bits per heavy atom. The van der Waals surface area contributed by atoms with E-state index in [1.807, 2.05) is 35.9 Å². The fourth-order valence-corrected chi connectivity index (χ4v) is 4.03. The van der Waals surface area contributed by atoms with Crippen molar-refractivity contribution in [2.24, 2.45) is 0 Å². The second kappa shape index (κ2) is 10.9. The molecule has 1 atom stereocenters. The number of aromatic amines is 1. The molecule has 1 aromatic carbocycles. The number of H-pyrrole nitrogens is 1. The van der Waals surface area contributed by atoms with Crippen molar-refractivity contribution < 1.29 is 9.84 Å². The maximum Gasteiger partial charge on any atom is 0.252 e. The molecule has 1 unspecified atom stereocenters. The Hall–Kier alpha value is -2.78. The average Bonchev–Trinajstić information content (AvgIpc) is 3.29. The number of aliphatic hydroxyl groups is 1. The number of benzene rings is 1. The molecule has 0 aliphatic heterocycles. The molecule has 0 fully saturated rings. The number of tetrazole rings is 1. The van der Waals surface area contributed by atoms with Gasteiger partial charge >= 0.3 is 0 Å². The van der Waals surface area contributed by atoms with Crippen molar-refractivity contribution in [3.8, 4) is 5.75 Å². The van der Waals surface area contributed by atoms with Gasteiger partial charge in [-0.2, -0.15) is 0 Å². The molecule has 180 valence electrons. The third kappa shape index (κ3) is 5.59. The Balaban J connectivity index is 1.99. The summed E-state index contributed by atoms with van der Waals surface area (Å²) in [6.07, 6.45) is 2.24. The van der Waals surface area contributed by atoms with Gasteiger partial charge in [-0.3, -0.25) is 9.69 Å². The van der Waals surface area contributed by atoms with Crippen LogP contribution in [-0.2, 0) is 12.1 Å². The van der Waals surface area contributed by atoms with Gasteiger partial charge in [-0.1, -0.05) is 13.8 Å². The lowest BCUT2D eigenvalue weighted by atomic mass is 10.0. The first-order valence-corrected chi connectivity index (χ1v) is 11.8. The SMILES string of the molecule is CCOc1ccc2[nH]c(=O)c(CN(CCCO)C(CC)c3nnnn3C(C)(C)CC)cc2c1. The van der Waals surface area contributed by atoms with E-state index in [0.29, 0.717) is 31.7 Å². The number of nitrogens with zero attached hydrogens (tertiary/aromatic N) is 5. The molecular formula is C24H36N6O3. The molecule has 3 aromatic rings. The monoisotopic (exact) mass is 456 g/mol. The van der Waals surface area contributed by atoms with Crippen LogP contribution in [0.25, 0.3) is 10.9 Å². The number of pyridine rings is 1. The summed E-state index contributed by atoms with van der Waals surface area (Å²) in [6, 6.07) is 7.50. The van der Waals surface area contributed by atoms with Gasteiger partial charge in [-0.05, 0) is 74.7 Å². The van der Waals surface area contributed by atoms with Crippen LogP contribution in [0.2, 0.25) is 0 Å². The lowest BCUT2D eigenvalue weighted by Gasteiger charge is -2.33.